The van der Waals surface area contributed by atoms with Gasteiger partial charge < -0.3 is 15.0 Å². The van der Waals surface area contributed by atoms with Crippen LogP contribution in [0.25, 0.3) is 0 Å². The number of sulfone groups is 1. The molecular weight excluding hydrogens is 364 g/mol. The number of rotatable bonds is 7. The molecule has 2 rings (SSSR count). The lowest BCUT2D eigenvalue weighted by Gasteiger charge is -2.22. The van der Waals surface area contributed by atoms with E-state index in [-0.39, 0.29) is 12.4 Å². The number of nitrogens with one attached hydrogen (secondary N) is 1. The third-order valence-electron chi connectivity index (χ3n) is 3.70. The zero-order valence-electron chi connectivity index (χ0n) is 14.3. The second kappa shape index (κ2) is 8.11. The molecule has 9 heteroatoms. The number of anilines is 1. The summed E-state index contributed by atoms with van der Waals surface area (Å²) in [7, 11) is -1.58. The fraction of sp³-hybridized carbons (Fsp3) is 0.500. The van der Waals surface area contributed by atoms with Crippen molar-refractivity contribution in [2.45, 2.75) is 19.9 Å². The number of hydrogen-bond acceptors (Lipinski definition) is 7. The molecule has 0 aromatic carbocycles. The summed E-state index contributed by atoms with van der Waals surface area (Å²) in [5, 5.41) is 2.94. The predicted octanol–water partition coefficient (Wildman–Crippen LogP) is 1.45. The van der Waals surface area contributed by atoms with Crippen LogP contribution < -0.4 is 5.32 Å². The maximum atomic E-state index is 12.3. The largest absolute Gasteiger partial charge is 0.462 e. The van der Waals surface area contributed by atoms with Crippen molar-refractivity contribution in [3.05, 3.63) is 28.7 Å². The quantitative estimate of drug-likeness (QED) is 0.563. The molecule has 7 nitrogen and oxygen atoms in total. The van der Waals surface area contributed by atoms with Gasteiger partial charge in [-0.25, -0.2) is 13.2 Å². The first-order valence-corrected chi connectivity index (χ1v) is 10.5. The van der Waals surface area contributed by atoms with E-state index in [0.29, 0.717) is 23.5 Å². The lowest BCUT2D eigenvalue weighted by atomic mass is 10.0. The first-order chi connectivity index (χ1) is 11.8. The summed E-state index contributed by atoms with van der Waals surface area (Å²) < 4.78 is 28.6. The summed E-state index contributed by atoms with van der Waals surface area (Å²) in [5.41, 5.74) is 1.23. The molecule has 1 aliphatic heterocycles. The number of carbonyl (C=O) groups is 2. The van der Waals surface area contributed by atoms with E-state index < -0.39 is 27.5 Å². The maximum absolute atomic E-state index is 12.3. The van der Waals surface area contributed by atoms with Gasteiger partial charge in [0, 0.05) is 18.0 Å². The van der Waals surface area contributed by atoms with Gasteiger partial charge in [0.05, 0.1) is 17.9 Å². The lowest BCUT2D eigenvalue weighted by molar-refractivity contribution is -0.113. The monoisotopic (exact) mass is 386 g/mol. The highest BCUT2D eigenvalue weighted by Crippen LogP contribution is 2.37. The van der Waals surface area contributed by atoms with Gasteiger partial charge in [-0.05, 0) is 26.0 Å². The smallest absolute Gasteiger partial charge is 0.341 e. The molecule has 0 fully saturated rings. The molecule has 0 radical (unpaired) electrons. The molecule has 1 aromatic rings. The van der Waals surface area contributed by atoms with Crippen LogP contribution in [-0.4, -0.2) is 56.9 Å². The fourth-order valence-corrected chi connectivity index (χ4v) is 4.92. The summed E-state index contributed by atoms with van der Waals surface area (Å²) in [4.78, 5) is 27.6. The number of hydrogen-bond donors (Lipinski definition) is 1. The van der Waals surface area contributed by atoms with Crippen molar-refractivity contribution in [2.24, 2.45) is 0 Å². The van der Waals surface area contributed by atoms with Crippen LogP contribution in [0.5, 0.6) is 0 Å². The van der Waals surface area contributed by atoms with Crippen molar-refractivity contribution in [1.29, 1.82) is 0 Å². The molecular formula is C16H22N2O5S2. The number of ether oxygens (including phenoxy) is 1. The van der Waals surface area contributed by atoms with Crippen LogP contribution in [0.15, 0.2) is 12.7 Å². The maximum Gasteiger partial charge on any atom is 0.341 e. The van der Waals surface area contributed by atoms with Gasteiger partial charge in [0.15, 0.2) is 9.84 Å². The standard InChI is InChI=1S/C16H22N2O5S2/c1-4-8-25(21,22)10-13(19)17-15-14(16(20)23-5-2)11-6-7-18(3)9-12(11)24-15/h4H,1,5-10H2,2-3H3,(H,17,19). The second-order valence-corrected chi connectivity index (χ2v) is 9.02. The van der Waals surface area contributed by atoms with E-state index in [4.69, 9.17) is 4.74 Å². The van der Waals surface area contributed by atoms with Crippen LogP contribution in [-0.2, 0) is 32.3 Å². The number of esters is 1. The van der Waals surface area contributed by atoms with E-state index in [0.717, 1.165) is 17.0 Å². The predicted molar refractivity (Wildman–Crippen MR) is 97.8 cm³/mol. The van der Waals surface area contributed by atoms with Crippen molar-refractivity contribution >= 4 is 38.1 Å². The summed E-state index contributed by atoms with van der Waals surface area (Å²) >= 11 is 1.30. The summed E-state index contributed by atoms with van der Waals surface area (Å²) in [6.45, 7) is 6.79. The van der Waals surface area contributed by atoms with Gasteiger partial charge in [0.25, 0.3) is 0 Å². The van der Waals surface area contributed by atoms with Crippen LogP contribution in [0.1, 0.15) is 27.7 Å². The van der Waals surface area contributed by atoms with Crippen LogP contribution >= 0.6 is 11.3 Å². The summed E-state index contributed by atoms with van der Waals surface area (Å²) in [6, 6.07) is 0. The highest BCUT2D eigenvalue weighted by molar-refractivity contribution is 7.92. The molecule has 25 heavy (non-hydrogen) atoms. The highest BCUT2D eigenvalue weighted by atomic mass is 32.2. The van der Waals surface area contributed by atoms with Crippen molar-refractivity contribution in [3.63, 3.8) is 0 Å². The molecule has 1 aromatic heterocycles. The SMILES string of the molecule is C=CCS(=O)(=O)CC(=O)Nc1sc2c(c1C(=O)OCC)CCN(C)C2. The van der Waals surface area contributed by atoms with E-state index in [1.807, 2.05) is 7.05 Å². The molecule has 0 bridgehead atoms. The van der Waals surface area contributed by atoms with Gasteiger partial charge in [-0.1, -0.05) is 6.08 Å². The van der Waals surface area contributed by atoms with Crippen LogP contribution in [0.2, 0.25) is 0 Å². The van der Waals surface area contributed by atoms with Crippen molar-refractivity contribution in [3.8, 4) is 0 Å². The molecule has 0 spiro atoms. The Kier molecular flexibility index (Phi) is 6.36. The van der Waals surface area contributed by atoms with Gasteiger partial charge in [0.2, 0.25) is 5.91 Å². The molecule has 0 atom stereocenters. The Morgan fingerprint density at radius 1 is 1.44 bits per heavy atom. The molecule has 2 heterocycles. The summed E-state index contributed by atoms with van der Waals surface area (Å²) in [5.74, 6) is -2.08. The van der Waals surface area contributed by atoms with E-state index >= 15 is 0 Å². The van der Waals surface area contributed by atoms with E-state index in [1.165, 1.54) is 17.4 Å². The first kappa shape index (κ1) is 19.6. The molecule has 138 valence electrons. The molecule has 0 unspecified atom stereocenters. The van der Waals surface area contributed by atoms with Gasteiger partial charge in [-0.3, -0.25) is 4.79 Å². The van der Waals surface area contributed by atoms with Crippen LogP contribution in [0.4, 0.5) is 5.00 Å². The van der Waals surface area contributed by atoms with Crippen LogP contribution in [0, 0.1) is 0 Å². The fourth-order valence-electron chi connectivity index (χ4n) is 2.64. The third-order valence-corrected chi connectivity index (χ3v) is 6.28. The minimum Gasteiger partial charge on any atom is -0.462 e. The Hall–Kier alpha value is -1.71. The highest BCUT2D eigenvalue weighted by Gasteiger charge is 2.29. The Bertz CT molecular complexity index is 783. The minimum atomic E-state index is -3.56. The number of amides is 1. The average molecular weight is 386 g/mol. The van der Waals surface area contributed by atoms with E-state index in [2.05, 4.69) is 16.8 Å². The molecule has 0 saturated heterocycles. The number of carbonyl (C=O) groups excluding carboxylic acids is 2. The zero-order chi connectivity index (χ0) is 18.6. The summed E-state index contributed by atoms with van der Waals surface area (Å²) in [6.07, 6.45) is 1.92. The lowest BCUT2D eigenvalue weighted by Crippen LogP contribution is -2.27. The molecule has 0 saturated carbocycles. The van der Waals surface area contributed by atoms with Crippen molar-refractivity contribution in [1.82, 2.24) is 4.90 Å². The Labute approximate surface area is 151 Å². The van der Waals surface area contributed by atoms with Crippen molar-refractivity contribution < 1.29 is 22.7 Å². The average Bonchev–Trinajstić information content (AvgIpc) is 2.83. The Morgan fingerprint density at radius 3 is 2.80 bits per heavy atom. The normalized spacial score (nSPS) is 14.6. The molecule has 0 aliphatic carbocycles. The Balaban J connectivity index is 2.29. The van der Waals surface area contributed by atoms with Gasteiger partial charge in [-0.2, -0.15) is 0 Å². The number of fused-ring (bicyclic) bond motifs is 1. The Morgan fingerprint density at radius 2 is 2.16 bits per heavy atom. The molecule has 1 amide bonds. The zero-order valence-corrected chi connectivity index (χ0v) is 16.0. The number of likely N-dealkylation sites (N-methyl/N-ethyl adjacent to an activating group) is 1. The topological polar surface area (TPSA) is 92.8 Å². The number of thiophene rings is 1. The third kappa shape index (κ3) is 4.90. The molecule has 1 aliphatic rings. The van der Waals surface area contributed by atoms with Crippen LogP contribution in [0.3, 0.4) is 0 Å². The van der Waals surface area contributed by atoms with Gasteiger partial charge in [-0.15, -0.1) is 17.9 Å². The van der Waals surface area contributed by atoms with Crippen molar-refractivity contribution in [2.75, 3.05) is 37.0 Å². The van der Waals surface area contributed by atoms with E-state index in [9.17, 15) is 18.0 Å². The molecule has 1 N–H and O–H groups in total. The number of nitrogens with zero attached hydrogens (tertiary/aromatic N) is 1. The minimum absolute atomic E-state index is 0.227. The van der Waals surface area contributed by atoms with Gasteiger partial charge in [0.1, 0.15) is 10.8 Å². The second-order valence-electron chi connectivity index (χ2n) is 5.81. The van der Waals surface area contributed by atoms with Gasteiger partial charge >= 0.3 is 5.97 Å². The van der Waals surface area contributed by atoms with E-state index in [1.54, 1.807) is 6.92 Å². The first-order valence-electron chi connectivity index (χ1n) is 7.88.